The molecule has 0 aliphatic rings. The van der Waals surface area contributed by atoms with Gasteiger partial charge in [0.25, 0.3) is 0 Å². The maximum atomic E-state index is 11.8. The largest absolute Gasteiger partial charge is 0.489 e. The molecule has 5 nitrogen and oxygen atoms in total. The summed E-state index contributed by atoms with van der Waals surface area (Å²) in [7, 11) is -3.17. The van der Waals surface area contributed by atoms with Crippen LogP contribution < -0.4 is 10.5 Å². The number of hydrogen-bond acceptors (Lipinski definition) is 5. The number of aromatic nitrogens is 1. The van der Waals surface area contributed by atoms with Crippen LogP contribution in [0.2, 0.25) is 0 Å². The van der Waals surface area contributed by atoms with E-state index in [1.807, 2.05) is 0 Å². The second-order valence-corrected chi connectivity index (χ2v) is 7.53. The Morgan fingerprint density at radius 3 is 2.59 bits per heavy atom. The third-order valence-corrected chi connectivity index (χ3v) is 4.91. The summed E-state index contributed by atoms with van der Waals surface area (Å²) in [4.78, 5) is 3.85. The minimum Gasteiger partial charge on any atom is -0.489 e. The molecule has 0 saturated heterocycles. The first-order valence-corrected chi connectivity index (χ1v) is 6.95. The highest BCUT2D eigenvalue weighted by Gasteiger charge is 2.28. The number of hydrogen-bond donors (Lipinski definition) is 1. The molecule has 0 saturated carbocycles. The second kappa shape index (κ2) is 4.91. The quantitative estimate of drug-likeness (QED) is 0.879. The van der Waals surface area contributed by atoms with Gasteiger partial charge in [-0.25, -0.2) is 13.4 Å². The van der Waals surface area contributed by atoms with E-state index in [0.717, 1.165) is 0 Å². The van der Waals surface area contributed by atoms with Crippen LogP contribution in [-0.2, 0) is 9.84 Å². The van der Waals surface area contributed by atoms with E-state index in [1.165, 1.54) is 0 Å². The number of sulfone groups is 1. The second-order valence-electron chi connectivity index (χ2n) is 4.67. The summed E-state index contributed by atoms with van der Waals surface area (Å²) in [5.41, 5.74) is 5.57. The van der Waals surface area contributed by atoms with Crippen LogP contribution in [0.25, 0.3) is 0 Å². The van der Waals surface area contributed by atoms with Crippen LogP contribution in [-0.4, -0.2) is 30.5 Å². The van der Waals surface area contributed by atoms with Crippen molar-refractivity contribution in [2.45, 2.75) is 25.5 Å². The van der Waals surface area contributed by atoms with Crippen molar-refractivity contribution >= 4 is 15.7 Å². The van der Waals surface area contributed by atoms with Crippen molar-refractivity contribution in [1.82, 2.24) is 4.98 Å². The average molecular weight is 258 g/mol. The van der Waals surface area contributed by atoms with Gasteiger partial charge in [-0.3, -0.25) is 0 Å². The average Bonchev–Trinajstić information content (AvgIpc) is 2.19. The molecule has 6 heteroatoms. The van der Waals surface area contributed by atoms with Crippen LogP contribution >= 0.6 is 0 Å². The molecule has 1 aromatic heterocycles. The Kier molecular flexibility index (Phi) is 3.98. The van der Waals surface area contributed by atoms with Crippen molar-refractivity contribution in [2.24, 2.45) is 0 Å². The molecule has 1 aromatic rings. The summed E-state index contributed by atoms with van der Waals surface area (Å²) in [5, 5.41) is 0. The summed E-state index contributed by atoms with van der Waals surface area (Å²) in [6.07, 6.45) is 1.55. The molecular formula is C11H18N2O3S. The van der Waals surface area contributed by atoms with Gasteiger partial charge in [0.1, 0.15) is 6.61 Å². The lowest BCUT2D eigenvalue weighted by Gasteiger charge is -2.19. The normalized spacial score (nSPS) is 12.4. The number of nitrogens with zero attached hydrogens (tertiary/aromatic N) is 1. The van der Waals surface area contributed by atoms with Gasteiger partial charge in [0.15, 0.2) is 21.4 Å². The lowest BCUT2D eigenvalue weighted by Crippen LogP contribution is -2.32. The highest BCUT2D eigenvalue weighted by Crippen LogP contribution is 2.19. The van der Waals surface area contributed by atoms with Gasteiger partial charge >= 0.3 is 0 Å². The maximum absolute atomic E-state index is 11.8. The molecule has 0 atom stereocenters. The molecule has 0 amide bonds. The van der Waals surface area contributed by atoms with Gasteiger partial charge in [-0.05, 0) is 32.9 Å². The maximum Gasteiger partial charge on any atom is 0.166 e. The Morgan fingerprint density at radius 2 is 2.06 bits per heavy atom. The molecule has 2 N–H and O–H groups in total. The fraction of sp³-hybridized carbons (Fsp3) is 0.545. The Morgan fingerprint density at radius 1 is 1.41 bits per heavy atom. The van der Waals surface area contributed by atoms with E-state index in [9.17, 15) is 8.42 Å². The molecule has 0 radical (unpaired) electrons. The van der Waals surface area contributed by atoms with Crippen LogP contribution in [0.15, 0.2) is 18.3 Å². The van der Waals surface area contributed by atoms with E-state index in [-0.39, 0.29) is 18.2 Å². The molecule has 0 aliphatic heterocycles. The number of pyridine rings is 1. The number of anilines is 1. The summed E-state index contributed by atoms with van der Waals surface area (Å²) in [6.45, 7) is 5.08. The lowest BCUT2D eigenvalue weighted by molar-refractivity contribution is 0.340. The van der Waals surface area contributed by atoms with Crippen LogP contribution in [0.3, 0.4) is 0 Å². The van der Waals surface area contributed by atoms with Crippen molar-refractivity contribution in [1.29, 1.82) is 0 Å². The molecule has 1 rings (SSSR count). The molecule has 0 spiro atoms. The zero-order chi connectivity index (χ0) is 13.1. The lowest BCUT2D eigenvalue weighted by atomic mass is 10.3. The Balaban J connectivity index is 2.58. The zero-order valence-corrected chi connectivity index (χ0v) is 11.1. The van der Waals surface area contributed by atoms with E-state index < -0.39 is 14.6 Å². The van der Waals surface area contributed by atoms with E-state index in [0.29, 0.717) is 5.75 Å². The SMILES string of the molecule is CC(C)(C)S(=O)(=O)CCOc1cccnc1N. The third kappa shape index (κ3) is 3.59. The van der Waals surface area contributed by atoms with Gasteiger partial charge in [0.2, 0.25) is 0 Å². The molecule has 17 heavy (non-hydrogen) atoms. The molecule has 0 aromatic carbocycles. The molecule has 0 bridgehead atoms. The van der Waals surface area contributed by atoms with E-state index in [4.69, 9.17) is 10.5 Å². The van der Waals surface area contributed by atoms with E-state index in [2.05, 4.69) is 4.98 Å². The predicted octanol–water partition coefficient (Wildman–Crippen LogP) is 1.26. The van der Waals surface area contributed by atoms with Crippen LogP contribution in [0.5, 0.6) is 5.75 Å². The minimum absolute atomic E-state index is 0.0369. The van der Waals surface area contributed by atoms with Crippen LogP contribution in [0.1, 0.15) is 20.8 Å². The number of rotatable bonds is 4. The van der Waals surface area contributed by atoms with E-state index >= 15 is 0 Å². The van der Waals surface area contributed by atoms with Gasteiger partial charge in [-0.15, -0.1) is 0 Å². The van der Waals surface area contributed by atoms with Gasteiger partial charge in [-0.1, -0.05) is 0 Å². The summed E-state index contributed by atoms with van der Waals surface area (Å²) in [6, 6.07) is 3.34. The summed E-state index contributed by atoms with van der Waals surface area (Å²) >= 11 is 0. The number of nitrogens with two attached hydrogens (primary N) is 1. The fourth-order valence-electron chi connectivity index (χ4n) is 1.09. The van der Waals surface area contributed by atoms with E-state index in [1.54, 1.807) is 39.1 Å². The first kappa shape index (κ1) is 13.8. The Bertz CT molecular complexity index is 478. The van der Waals surface area contributed by atoms with Gasteiger partial charge in [-0.2, -0.15) is 0 Å². The molecule has 96 valence electrons. The molecule has 0 fully saturated rings. The first-order chi connectivity index (χ1) is 7.74. The zero-order valence-electron chi connectivity index (χ0n) is 10.3. The third-order valence-electron chi connectivity index (χ3n) is 2.34. The summed E-state index contributed by atoms with van der Waals surface area (Å²) in [5.74, 6) is 0.641. The summed E-state index contributed by atoms with van der Waals surface area (Å²) < 4.78 is 28.1. The van der Waals surface area contributed by atoms with Crippen LogP contribution in [0, 0.1) is 0 Å². The smallest absolute Gasteiger partial charge is 0.166 e. The first-order valence-electron chi connectivity index (χ1n) is 5.29. The Hall–Kier alpha value is -1.30. The monoisotopic (exact) mass is 258 g/mol. The Labute approximate surface area is 102 Å². The molecule has 0 aliphatic carbocycles. The van der Waals surface area contributed by atoms with Gasteiger partial charge in [0, 0.05) is 6.20 Å². The van der Waals surface area contributed by atoms with Crippen molar-refractivity contribution in [3.05, 3.63) is 18.3 Å². The fourth-order valence-corrected chi connectivity index (χ4v) is 2.01. The van der Waals surface area contributed by atoms with Crippen LogP contribution in [0.4, 0.5) is 5.82 Å². The number of nitrogen functional groups attached to an aromatic ring is 1. The standard InChI is InChI=1S/C11H18N2O3S/c1-11(2,3)17(14,15)8-7-16-9-5-4-6-13-10(9)12/h4-6H,7-8H2,1-3H3,(H2,12,13). The molecule has 0 unspecified atom stereocenters. The van der Waals surface area contributed by atoms with Crippen molar-refractivity contribution in [3.8, 4) is 5.75 Å². The highest BCUT2D eigenvalue weighted by atomic mass is 32.2. The van der Waals surface area contributed by atoms with Crippen molar-refractivity contribution < 1.29 is 13.2 Å². The van der Waals surface area contributed by atoms with Gasteiger partial charge < -0.3 is 10.5 Å². The molecule has 1 heterocycles. The van der Waals surface area contributed by atoms with Crippen molar-refractivity contribution in [3.63, 3.8) is 0 Å². The van der Waals surface area contributed by atoms with Gasteiger partial charge in [0.05, 0.1) is 10.5 Å². The topological polar surface area (TPSA) is 82.3 Å². The van der Waals surface area contributed by atoms with Crippen molar-refractivity contribution in [2.75, 3.05) is 18.1 Å². The number of ether oxygens (including phenoxy) is 1. The molecular weight excluding hydrogens is 240 g/mol. The minimum atomic E-state index is -3.17. The predicted molar refractivity (Wildman–Crippen MR) is 67.7 cm³/mol. The highest BCUT2D eigenvalue weighted by molar-refractivity contribution is 7.92.